The summed E-state index contributed by atoms with van der Waals surface area (Å²) in [6.45, 7) is 0.725. The average Bonchev–Trinajstić information content (AvgIpc) is 3.17. The van der Waals surface area contributed by atoms with Crippen LogP contribution in [0.2, 0.25) is 5.02 Å². The summed E-state index contributed by atoms with van der Waals surface area (Å²) in [4.78, 5) is 39.2. The molecule has 0 bridgehead atoms. The number of urea groups is 1. The van der Waals surface area contributed by atoms with Gasteiger partial charge in [0, 0.05) is 17.3 Å². The van der Waals surface area contributed by atoms with E-state index in [9.17, 15) is 14.4 Å². The van der Waals surface area contributed by atoms with E-state index in [0.717, 1.165) is 5.56 Å². The average molecular weight is 443 g/mol. The Morgan fingerprint density at radius 3 is 2.74 bits per heavy atom. The fourth-order valence-corrected chi connectivity index (χ4v) is 4.05. The second-order valence-electron chi connectivity index (χ2n) is 7.61. The summed E-state index contributed by atoms with van der Waals surface area (Å²) in [5, 5.41) is 8.79. The van der Waals surface area contributed by atoms with Crippen LogP contribution in [0, 0.1) is 0 Å². The van der Waals surface area contributed by atoms with Gasteiger partial charge in [-0.3, -0.25) is 9.59 Å². The van der Waals surface area contributed by atoms with Gasteiger partial charge in [0.25, 0.3) is 0 Å². The van der Waals surface area contributed by atoms with E-state index in [4.69, 9.17) is 16.3 Å². The molecule has 3 N–H and O–H groups in total. The van der Waals surface area contributed by atoms with Gasteiger partial charge in [-0.15, -0.1) is 0 Å². The lowest BCUT2D eigenvalue weighted by atomic mass is 10.1. The quantitative estimate of drug-likeness (QED) is 0.638. The van der Waals surface area contributed by atoms with E-state index in [2.05, 4.69) is 16.0 Å². The summed E-state index contributed by atoms with van der Waals surface area (Å²) in [7, 11) is 0. The minimum atomic E-state index is -0.730. The smallest absolute Gasteiger partial charge is 0.319 e. The number of ether oxygens (including phenoxy) is 1. The first-order valence-electron chi connectivity index (χ1n) is 10.1. The highest BCUT2D eigenvalue weighted by Crippen LogP contribution is 2.23. The highest BCUT2D eigenvalue weighted by atomic mass is 35.5. The predicted molar refractivity (Wildman–Crippen MR) is 116 cm³/mol. The molecule has 4 amide bonds. The van der Waals surface area contributed by atoms with E-state index >= 15 is 0 Å². The molecule has 0 aromatic heterocycles. The van der Waals surface area contributed by atoms with Crippen molar-refractivity contribution in [1.82, 2.24) is 15.5 Å². The molecule has 2 heterocycles. The maximum absolute atomic E-state index is 12.8. The van der Waals surface area contributed by atoms with Crippen molar-refractivity contribution < 1.29 is 19.1 Å². The summed E-state index contributed by atoms with van der Waals surface area (Å²) in [5.41, 5.74) is 1.55. The molecule has 162 valence electrons. The van der Waals surface area contributed by atoms with Gasteiger partial charge in [0.2, 0.25) is 11.8 Å². The van der Waals surface area contributed by atoms with Crippen LogP contribution in [-0.2, 0) is 20.9 Å². The van der Waals surface area contributed by atoms with Crippen LogP contribution in [0.5, 0.6) is 0 Å². The van der Waals surface area contributed by atoms with Crippen molar-refractivity contribution in [3.05, 3.63) is 65.2 Å². The SMILES string of the molecule is O=C(Nc1cccc(Cl)c1)N[C@H]1C[C@H]2C(=O)N[C@@H](COCc3ccccc3)C(=O)N2C1. The molecule has 4 rings (SSSR count). The van der Waals surface area contributed by atoms with Crippen molar-refractivity contribution >= 4 is 35.1 Å². The van der Waals surface area contributed by atoms with Gasteiger partial charge in [0.05, 0.1) is 19.3 Å². The lowest BCUT2D eigenvalue weighted by molar-refractivity contribution is -0.148. The van der Waals surface area contributed by atoms with E-state index in [0.29, 0.717) is 23.7 Å². The van der Waals surface area contributed by atoms with E-state index in [1.165, 1.54) is 4.90 Å². The monoisotopic (exact) mass is 442 g/mol. The van der Waals surface area contributed by atoms with E-state index in [1.807, 2.05) is 30.3 Å². The molecule has 2 aromatic rings. The molecule has 0 saturated carbocycles. The van der Waals surface area contributed by atoms with Gasteiger partial charge in [-0.2, -0.15) is 0 Å². The number of amides is 4. The Balaban J connectivity index is 1.30. The highest BCUT2D eigenvalue weighted by molar-refractivity contribution is 6.30. The lowest BCUT2D eigenvalue weighted by Crippen LogP contribution is -2.62. The molecule has 2 aliphatic rings. The standard InChI is InChI=1S/C22H23ClN4O4/c23-15-7-4-8-16(9-15)24-22(30)25-17-10-19-20(28)26-18(21(29)27(19)11-17)13-31-12-14-5-2-1-3-6-14/h1-9,17-19H,10-13H2,(H,26,28)(H2,24,25,30)/t17-,18-,19-/m0/s1. The number of piperazine rings is 1. The van der Waals surface area contributed by atoms with Crippen LogP contribution >= 0.6 is 11.6 Å². The molecule has 8 nitrogen and oxygen atoms in total. The Bertz CT molecular complexity index is 971. The first-order valence-corrected chi connectivity index (χ1v) is 10.4. The highest BCUT2D eigenvalue weighted by Gasteiger charge is 2.46. The van der Waals surface area contributed by atoms with Gasteiger partial charge < -0.3 is 25.6 Å². The number of benzene rings is 2. The van der Waals surface area contributed by atoms with Gasteiger partial charge in [-0.1, -0.05) is 48.0 Å². The van der Waals surface area contributed by atoms with E-state index < -0.39 is 18.1 Å². The molecule has 2 saturated heterocycles. The molecule has 0 spiro atoms. The van der Waals surface area contributed by atoms with Crippen LogP contribution in [0.4, 0.5) is 10.5 Å². The number of nitrogens with one attached hydrogen (secondary N) is 3. The topological polar surface area (TPSA) is 99.8 Å². The predicted octanol–water partition coefficient (Wildman–Crippen LogP) is 2.15. The Morgan fingerprint density at radius 2 is 1.97 bits per heavy atom. The second kappa shape index (κ2) is 9.36. The summed E-state index contributed by atoms with van der Waals surface area (Å²) in [6, 6.07) is 14.4. The number of carbonyl (C=O) groups excluding carboxylic acids is 3. The number of hydrogen-bond donors (Lipinski definition) is 3. The van der Waals surface area contributed by atoms with Crippen LogP contribution in [0.15, 0.2) is 54.6 Å². The largest absolute Gasteiger partial charge is 0.374 e. The molecule has 0 aliphatic carbocycles. The van der Waals surface area contributed by atoms with Crippen molar-refractivity contribution in [2.75, 3.05) is 18.5 Å². The zero-order valence-corrected chi connectivity index (χ0v) is 17.5. The normalized spacial score (nSPS) is 22.6. The third kappa shape index (κ3) is 5.15. The Kier molecular flexibility index (Phi) is 6.39. The number of carbonyl (C=O) groups is 3. The maximum Gasteiger partial charge on any atom is 0.319 e. The molecule has 2 fully saturated rings. The second-order valence-corrected chi connectivity index (χ2v) is 8.05. The minimum Gasteiger partial charge on any atom is -0.374 e. The number of halogens is 1. The fourth-order valence-electron chi connectivity index (χ4n) is 3.86. The van der Waals surface area contributed by atoms with Crippen molar-refractivity contribution in [3.8, 4) is 0 Å². The molecule has 2 aromatic carbocycles. The first kappa shape index (κ1) is 21.1. The molecular formula is C22H23ClN4O4. The van der Waals surface area contributed by atoms with Crippen LogP contribution < -0.4 is 16.0 Å². The third-order valence-corrected chi connectivity index (χ3v) is 5.55. The van der Waals surface area contributed by atoms with Crippen molar-refractivity contribution in [2.45, 2.75) is 31.2 Å². The molecule has 0 radical (unpaired) electrons. The number of nitrogens with zero attached hydrogens (tertiary/aromatic N) is 1. The summed E-state index contributed by atoms with van der Waals surface area (Å²) in [6.07, 6.45) is 0.359. The van der Waals surface area contributed by atoms with Gasteiger partial charge in [-0.05, 0) is 30.2 Å². The van der Waals surface area contributed by atoms with Gasteiger partial charge in [-0.25, -0.2) is 4.79 Å². The fraction of sp³-hybridized carbons (Fsp3) is 0.318. The number of fused-ring (bicyclic) bond motifs is 1. The molecule has 31 heavy (non-hydrogen) atoms. The number of rotatable bonds is 6. The van der Waals surface area contributed by atoms with Gasteiger partial charge in [0.15, 0.2) is 0 Å². The molecular weight excluding hydrogens is 420 g/mol. The van der Waals surface area contributed by atoms with Crippen molar-refractivity contribution in [1.29, 1.82) is 0 Å². The van der Waals surface area contributed by atoms with Crippen LogP contribution in [0.3, 0.4) is 0 Å². The Hall–Kier alpha value is -3.10. The summed E-state index contributed by atoms with van der Waals surface area (Å²) in [5.74, 6) is -0.426. The Labute approximate surface area is 184 Å². The summed E-state index contributed by atoms with van der Waals surface area (Å²) < 4.78 is 5.64. The summed E-state index contributed by atoms with van der Waals surface area (Å²) >= 11 is 5.93. The lowest BCUT2D eigenvalue weighted by Gasteiger charge is -2.34. The van der Waals surface area contributed by atoms with Crippen LogP contribution in [0.1, 0.15) is 12.0 Å². The Morgan fingerprint density at radius 1 is 1.16 bits per heavy atom. The minimum absolute atomic E-state index is 0.0933. The van der Waals surface area contributed by atoms with Crippen LogP contribution in [-0.4, -0.2) is 54.0 Å². The van der Waals surface area contributed by atoms with Gasteiger partial charge >= 0.3 is 6.03 Å². The zero-order chi connectivity index (χ0) is 21.8. The number of anilines is 1. The van der Waals surface area contributed by atoms with Gasteiger partial charge in [0.1, 0.15) is 12.1 Å². The van der Waals surface area contributed by atoms with E-state index in [-0.39, 0.29) is 31.0 Å². The van der Waals surface area contributed by atoms with Crippen molar-refractivity contribution in [2.24, 2.45) is 0 Å². The third-order valence-electron chi connectivity index (χ3n) is 5.32. The van der Waals surface area contributed by atoms with Crippen LogP contribution in [0.25, 0.3) is 0 Å². The number of hydrogen-bond acceptors (Lipinski definition) is 4. The molecule has 9 heteroatoms. The first-order chi connectivity index (χ1) is 15.0. The molecule has 3 atom stereocenters. The molecule has 0 unspecified atom stereocenters. The maximum atomic E-state index is 12.8. The van der Waals surface area contributed by atoms with Crippen molar-refractivity contribution in [3.63, 3.8) is 0 Å². The zero-order valence-electron chi connectivity index (χ0n) is 16.7. The molecule has 2 aliphatic heterocycles. The van der Waals surface area contributed by atoms with E-state index in [1.54, 1.807) is 24.3 Å².